The molecule has 0 fully saturated rings. The second kappa shape index (κ2) is 9.05. The van der Waals surface area contributed by atoms with Crippen molar-refractivity contribution in [1.29, 1.82) is 0 Å². The van der Waals surface area contributed by atoms with E-state index in [1.54, 1.807) is 48.5 Å². The Hall–Kier alpha value is -3.06. The predicted molar refractivity (Wildman–Crippen MR) is 102 cm³/mol. The Bertz CT molecular complexity index is 772. The molecule has 7 heteroatoms. The zero-order chi connectivity index (χ0) is 20.0. The van der Waals surface area contributed by atoms with Crippen LogP contribution in [0.25, 0.3) is 0 Å². The number of carbonyl (C=O) groups excluding carboxylic acids is 2. The van der Waals surface area contributed by atoms with E-state index < -0.39 is 24.0 Å². The van der Waals surface area contributed by atoms with Gasteiger partial charge in [0, 0.05) is 25.3 Å². The Kier molecular flexibility index (Phi) is 6.79. The quantitative estimate of drug-likeness (QED) is 0.720. The van der Waals surface area contributed by atoms with Gasteiger partial charge < -0.3 is 24.8 Å². The van der Waals surface area contributed by atoms with E-state index in [1.165, 1.54) is 14.2 Å². The highest BCUT2D eigenvalue weighted by Gasteiger charge is 2.31. The van der Waals surface area contributed by atoms with Crippen LogP contribution >= 0.6 is 0 Å². The summed E-state index contributed by atoms with van der Waals surface area (Å²) in [6.45, 7) is 0. The van der Waals surface area contributed by atoms with Crippen LogP contribution < -0.4 is 15.0 Å². The SMILES string of the molecule is COC(=O)C(NC(=O)c1ccc(N(C)C)cc1)C(O)c1ccc(OC)cc1. The maximum absolute atomic E-state index is 12.5. The first-order chi connectivity index (χ1) is 12.9. The van der Waals surface area contributed by atoms with Crippen molar-refractivity contribution in [2.75, 3.05) is 33.2 Å². The van der Waals surface area contributed by atoms with E-state index in [4.69, 9.17) is 9.47 Å². The molecule has 27 heavy (non-hydrogen) atoms. The minimum Gasteiger partial charge on any atom is -0.497 e. The van der Waals surface area contributed by atoms with Gasteiger partial charge in [0.1, 0.15) is 11.9 Å². The van der Waals surface area contributed by atoms with Crippen LogP contribution in [0.5, 0.6) is 5.75 Å². The third-order valence-electron chi connectivity index (χ3n) is 4.16. The summed E-state index contributed by atoms with van der Waals surface area (Å²) >= 11 is 0. The number of anilines is 1. The Morgan fingerprint density at radius 1 is 1.00 bits per heavy atom. The summed E-state index contributed by atoms with van der Waals surface area (Å²) in [5.41, 5.74) is 1.76. The molecule has 0 aliphatic heterocycles. The molecule has 144 valence electrons. The number of nitrogens with one attached hydrogen (secondary N) is 1. The Labute approximate surface area is 158 Å². The summed E-state index contributed by atoms with van der Waals surface area (Å²) in [7, 11) is 6.53. The number of benzene rings is 2. The number of aliphatic hydroxyl groups excluding tert-OH is 1. The molecule has 7 nitrogen and oxygen atoms in total. The molecular formula is C20H24N2O5. The molecule has 0 aliphatic rings. The van der Waals surface area contributed by atoms with Gasteiger partial charge in [0.15, 0.2) is 6.04 Å². The van der Waals surface area contributed by atoms with Crippen molar-refractivity contribution >= 4 is 17.6 Å². The second-order valence-electron chi connectivity index (χ2n) is 6.13. The molecule has 2 unspecified atom stereocenters. The molecule has 0 aliphatic carbocycles. The third kappa shape index (κ3) is 4.98. The highest BCUT2D eigenvalue weighted by atomic mass is 16.5. The fourth-order valence-electron chi connectivity index (χ4n) is 2.52. The topological polar surface area (TPSA) is 88.1 Å². The van der Waals surface area contributed by atoms with Crippen LogP contribution in [-0.2, 0) is 9.53 Å². The number of nitrogens with zero attached hydrogens (tertiary/aromatic N) is 1. The van der Waals surface area contributed by atoms with E-state index >= 15 is 0 Å². The molecule has 0 heterocycles. The maximum Gasteiger partial charge on any atom is 0.331 e. The molecule has 0 aromatic heterocycles. The van der Waals surface area contributed by atoms with E-state index in [0.717, 1.165) is 5.69 Å². The summed E-state index contributed by atoms with van der Waals surface area (Å²) in [5.74, 6) is -0.606. The zero-order valence-corrected chi connectivity index (χ0v) is 15.8. The Morgan fingerprint density at radius 3 is 2.07 bits per heavy atom. The number of esters is 1. The summed E-state index contributed by atoms with van der Waals surface area (Å²) < 4.78 is 9.82. The van der Waals surface area contributed by atoms with Crippen LogP contribution in [-0.4, -0.2) is 51.3 Å². The van der Waals surface area contributed by atoms with Gasteiger partial charge in [-0.1, -0.05) is 12.1 Å². The number of rotatable bonds is 7. The summed E-state index contributed by atoms with van der Waals surface area (Å²) in [5, 5.41) is 13.1. The van der Waals surface area contributed by atoms with Crippen LogP contribution in [0.3, 0.4) is 0 Å². The van der Waals surface area contributed by atoms with Crippen molar-refractivity contribution in [1.82, 2.24) is 5.32 Å². The number of ether oxygens (including phenoxy) is 2. The fraction of sp³-hybridized carbons (Fsp3) is 0.300. The molecule has 0 bridgehead atoms. The van der Waals surface area contributed by atoms with Crippen molar-refractivity contribution in [3.63, 3.8) is 0 Å². The van der Waals surface area contributed by atoms with E-state index in [9.17, 15) is 14.7 Å². The summed E-state index contributed by atoms with van der Waals surface area (Å²) in [6.07, 6.45) is -1.27. The molecule has 0 radical (unpaired) electrons. The van der Waals surface area contributed by atoms with Crippen LogP contribution in [0.4, 0.5) is 5.69 Å². The lowest BCUT2D eigenvalue weighted by molar-refractivity contribution is -0.146. The van der Waals surface area contributed by atoms with Crippen LogP contribution in [0, 0.1) is 0 Å². The lowest BCUT2D eigenvalue weighted by Gasteiger charge is -2.22. The highest BCUT2D eigenvalue weighted by Crippen LogP contribution is 2.21. The van der Waals surface area contributed by atoms with Crippen LogP contribution in [0.15, 0.2) is 48.5 Å². The Balaban J connectivity index is 2.19. The largest absolute Gasteiger partial charge is 0.497 e. The first-order valence-electron chi connectivity index (χ1n) is 8.35. The van der Waals surface area contributed by atoms with Crippen LogP contribution in [0.1, 0.15) is 22.0 Å². The van der Waals surface area contributed by atoms with Gasteiger partial charge in [0.05, 0.1) is 14.2 Å². The van der Waals surface area contributed by atoms with Gasteiger partial charge in [-0.3, -0.25) is 4.79 Å². The van der Waals surface area contributed by atoms with E-state index in [0.29, 0.717) is 16.9 Å². The number of hydrogen-bond acceptors (Lipinski definition) is 6. The van der Waals surface area contributed by atoms with Crippen molar-refractivity contribution in [3.8, 4) is 5.75 Å². The molecule has 2 atom stereocenters. The molecule has 0 saturated carbocycles. The average Bonchev–Trinajstić information content (AvgIpc) is 2.70. The maximum atomic E-state index is 12.5. The Morgan fingerprint density at radius 2 is 1.59 bits per heavy atom. The normalized spacial score (nSPS) is 12.6. The number of carbonyl (C=O) groups is 2. The first-order valence-corrected chi connectivity index (χ1v) is 8.35. The standard InChI is InChI=1S/C20H24N2O5/c1-22(2)15-9-5-14(6-10-15)19(24)21-17(20(25)27-4)18(23)13-7-11-16(26-3)12-8-13/h5-12,17-18,23H,1-4H3,(H,21,24). The molecule has 2 rings (SSSR count). The minimum absolute atomic E-state index is 0.372. The molecule has 2 aromatic rings. The van der Waals surface area contributed by atoms with E-state index in [-0.39, 0.29) is 0 Å². The van der Waals surface area contributed by atoms with Gasteiger partial charge >= 0.3 is 5.97 Å². The molecular weight excluding hydrogens is 348 g/mol. The number of amides is 1. The molecule has 1 amide bonds. The fourth-order valence-corrected chi connectivity index (χ4v) is 2.52. The monoisotopic (exact) mass is 372 g/mol. The van der Waals surface area contributed by atoms with Crippen LogP contribution in [0.2, 0.25) is 0 Å². The van der Waals surface area contributed by atoms with E-state index in [2.05, 4.69) is 5.32 Å². The molecule has 2 N–H and O–H groups in total. The van der Waals surface area contributed by atoms with Gasteiger partial charge in [-0.2, -0.15) is 0 Å². The van der Waals surface area contributed by atoms with Gasteiger partial charge in [0.25, 0.3) is 5.91 Å². The van der Waals surface area contributed by atoms with Crippen molar-refractivity contribution in [2.24, 2.45) is 0 Å². The lowest BCUT2D eigenvalue weighted by atomic mass is 10.0. The lowest BCUT2D eigenvalue weighted by Crippen LogP contribution is -2.45. The first kappa shape index (κ1) is 20.3. The summed E-state index contributed by atoms with van der Waals surface area (Å²) in [6, 6.07) is 12.2. The summed E-state index contributed by atoms with van der Waals surface area (Å²) in [4.78, 5) is 26.6. The van der Waals surface area contributed by atoms with Gasteiger partial charge in [-0.15, -0.1) is 0 Å². The second-order valence-corrected chi connectivity index (χ2v) is 6.13. The van der Waals surface area contributed by atoms with Crippen molar-refractivity contribution in [2.45, 2.75) is 12.1 Å². The predicted octanol–water partition coefficient (Wildman–Crippen LogP) is 1.77. The van der Waals surface area contributed by atoms with E-state index in [1.807, 2.05) is 19.0 Å². The number of aliphatic hydroxyl groups is 1. The zero-order valence-electron chi connectivity index (χ0n) is 15.8. The molecule has 0 saturated heterocycles. The molecule has 2 aromatic carbocycles. The van der Waals surface area contributed by atoms with Crippen molar-refractivity contribution in [3.05, 3.63) is 59.7 Å². The van der Waals surface area contributed by atoms with Gasteiger partial charge in [-0.25, -0.2) is 4.79 Å². The third-order valence-corrected chi connectivity index (χ3v) is 4.16. The number of methoxy groups -OCH3 is 2. The molecule has 0 spiro atoms. The van der Waals surface area contributed by atoms with Gasteiger partial charge in [-0.05, 0) is 42.0 Å². The highest BCUT2D eigenvalue weighted by molar-refractivity contribution is 5.97. The minimum atomic E-state index is -1.27. The van der Waals surface area contributed by atoms with Gasteiger partial charge in [0.2, 0.25) is 0 Å². The number of hydrogen-bond donors (Lipinski definition) is 2. The smallest absolute Gasteiger partial charge is 0.331 e. The van der Waals surface area contributed by atoms with Crippen molar-refractivity contribution < 1.29 is 24.2 Å². The average molecular weight is 372 g/mol.